The van der Waals surface area contributed by atoms with E-state index in [-0.39, 0.29) is 0 Å². The van der Waals surface area contributed by atoms with Crippen LogP contribution in [0.2, 0.25) is 0 Å². The van der Waals surface area contributed by atoms with Gasteiger partial charge >= 0.3 is 0 Å². The number of para-hydroxylation sites is 1. The molecule has 5 rings (SSSR count). The van der Waals surface area contributed by atoms with Gasteiger partial charge in [0, 0.05) is 11.5 Å². The summed E-state index contributed by atoms with van der Waals surface area (Å²) in [4.78, 5) is 45.4. The van der Waals surface area contributed by atoms with Crippen LogP contribution in [0.15, 0.2) is 66.7 Å². The molecule has 0 fully saturated rings. The SMILES string of the molecule is CSCCC(C(=O)Nc1cc(C)nn1-c1ccc2ccccc2n1)N1C(=O)c2ccccc2C1=O. The molecule has 2 aromatic heterocycles. The Hall–Kier alpha value is -3.98. The lowest BCUT2D eigenvalue weighted by Gasteiger charge is -2.25. The van der Waals surface area contributed by atoms with Crippen molar-refractivity contribution in [2.45, 2.75) is 19.4 Å². The number of amides is 3. The zero-order valence-corrected chi connectivity index (χ0v) is 20.1. The molecule has 0 saturated carbocycles. The molecule has 0 saturated heterocycles. The molecular formula is C26H23N5O3S. The molecule has 0 spiro atoms. The predicted molar refractivity (Wildman–Crippen MR) is 136 cm³/mol. The number of nitrogens with zero attached hydrogens (tertiary/aromatic N) is 4. The van der Waals surface area contributed by atoms with E-state index in [1.54, 1.807) is 46.8 Å². The number of fused-ring (bicyclic) bond motifs is 2. The minimum Gasteiger partial charge on any atom is -0.309 e. The van der Waals surface area contributed by atoms with Gasteiger partial charge in [0.15, 0.2) is 5.82 Å². The molecule has 1 aliphatic rings. The second-order valence-corrected chi connectivity index (χ2v) is 9.24. The Morgan fingerprint density at radius 1 is 1.00 bits per heavy atom. The van der Waals surface area contributed by atoms with Gasteiger partial charge in [0.2, 0.25) is 5.91 Å². The van der Waals surface area contributed by atoms with E-state index >= 15 is 0 Å². The first-order valence-electron chi connectivity index (χ1n) is 11.2. The minimum absolute atomic E-state index is 0.320. The molecule has 9 heteroatoms. The number of nitrogens with one attached hydrogen (secondary N) is 1. The molecule has 176 valence electrons. The number of hydrogen-bond donors (Lipinski definition) is 1. The van der Waals surface area contributed by atoms with Gasteiger partial charge in [0.25, 0.3) is 11.8 Å². The van der Waals surface area contributed by atoms with E-state index in [1.165, 1.54) is 0 Å². The van der Waals surface area contributed by atoms with Crippen molar-refractivity contribution < 1.29 is 14.4 Å². The van der Waals surface area contributed by atoms with Crippen molar-refractivity contribution in [3.8, 4) is 5.82 Å². The number of benzene rings is 2. The topological polar surface area (TPSA) is 97.2 Å². The van der Waals surface area contributed by atoms with E-state index < -0.39 is 23.8 Å². The van der Waals surface area contributed by atoms with Gasteiger partial charge in [0.1, 0.15) is 11.9 Å². The summed E-state index contributed by atoms with van der Waals surface area (Å²) < 4.78 is 1.56. The fourth-order valence-corrected chi connectivity index (χ4v) is 4.70. The van der Waals surface area contributed by atoms with Crippen LogP contribution in [-0.4, -0.2) is 55.4 Å². The summed E-state index contributed by atoms with van der Waals surface area (Å²) >= 11 is 1.55. The molecular weight excluding hydrogens is 462 g/mol. The van der Waals surface area contributed by atoms with Crippen LogP contribution >= 0.6 is 11.8 Å². The predicted octanol–water partition coefficient (Wildman–Crippen LogP) is 4.09. The first kappa shape index (κ1) is 22.8. The van der Waals surface area contributed by atoms with E-state index in [1.807, 2.05) is 49.6 Å². The summed E-state index contributed by atoms with van der Waals surface area (Å²) in [5.74, 6) is 0.223. The third-order valence-electron chi connectivity index (χ3n) is 5.92. The Balaban J connectivity index is 1.47. The van der Waals surface area contributed by atoms with Gasteiger partial charge < -0.3 is 5.32 Å². The fraction of sp³-hybridized carbons (Fsp3) is 0.192. The van der Waals surface area contributed by atoms with Crippen LogP contribution < -0.4 is 5.32 Å². The van der Waals surface area contributed by atoms with Crippen molar-refractivity contribution in [2.75, 3.05) is 17.3 Å². The molecule has 35 heavy (non-hydrogen) atoms. The van der Waals surface area contributed by atoms with E-state index in [2.05, 4.69) is 15.4 Å². The molecule has 1 N–H and O–H groups in total. The Kier molecular flexibility index (Phi) is 6.08. The highest BCUT2D eigenvalue weighted by molar-refractivity contribution is 7.98. The van der Waals surface area contributed by atoms with Gasteiger partial charge in [0.05, 0.1) is 22.3 Å². The van der Waals surface area contributed by atoms with Crippen molar-refractivity contribution in [1.29, 1.82) is 0 Å². The van der Waals surface area contributed by atoms with E-state index in [9.17, 15) is 14.4 Å². The highest BCUT2D eigenvalue weighted by atomic mass is 32.2. The molecule has 3 amide bonds. The Morgan fingerprint density at radius 3 is 2.40 bits per heavy atom. The number of carbonyl (C=O) groups excluding carboxylic acids is 3. The van der Waals surface area contributed by atoms with E-state index in [0.717, 1.165) is 15.8 Å². The zero-order valence-electron chi connectivity index (χ0n) is 19.3. The van der Waals surface area contributed by atoms with Crippen LogP contribution in [0.1, 0.15) is 32.8 Å². The number of carbonyl (C=O) groups is 3. The average molecular weight is 486 g/mol. The lowest BCUT2D eigenvalue weighted by molar-refractivity contribution is -0.120. The van der Waals surface area contributed by atoms with E-state index in [4.69, 9.17) is 0 Å². The molecule has 8 nitrogen and oxygen atoms in total. The summed E-state index contributed by atoms with van der Waals surface area (Å²) in [6, 6.07) is 19.0. The van der Waals surface area contributed by atoms with Gasteiger partial charge in [-0.1, -0.05) is 30.3 Å². The fourth-order valence-electron chi connectivity index (χ4n) is 4.24. The molecule has 1 unspecified atom stereocenters. The highest BCUT2D eigenvalue weighted by Crippen LogP contribution is 2.27. The number of anilines is 1. The number of rotatable bonds is 7. The van der Waals surface area contributed by atoms with Gasteiger partial charge in [-0.25, -0.2) is 4.98 Å². The van der Waals surface area contributed by atoms with Crippen molar-refractivity contribution in [3.05, 3.63) is 83.6 Å². The van der Waals surface area contributed by atoms with Gasteiger partial charge in [-0.15, -0.1) is 0 Å². The monoisotopic (exact) mass is 485 g/mol. The van der Waals surface area contributed by atoms with Crippen molar-refractivity contribution >= 4 is 46.2 Å². The number of pyridine rings is 1. The normalized spacial score (nSPS) is 13.8. The molecule has 1 aliphatic heterocycles. The number of hydrogen-bond acceptors (Lipinski definition) is 6. The van der Waals surface area contributed by atoms with Crippen LogP contribution in [0, 0.1) is 6.92 Å². The Labute approximate surface area is 206 Å². The smallest absolute Gasteiger partial charge is 0.262 e. The molecule has 0 bridgehead atoms. The first-order valence-corrected chi connectivity index (χ1v) is 12.6. The van der Waals surface area contributed by atoms with Crippen LogP contribution in [0.4, 0.5) is 5.82 Å². The summed E-state index contributed by atoms with van der Waals surface area (Å²) in [6.07, 6.45) is 2.25. The van der Waals surface area contributed by atoms with Crippen molar-refractivity contribution in [1.82, 2.24) is 19.7 Å². The molecule has 3 heterocycles. The second-order valence-electron chi connectivity index (χ2n) is 8.26. The van der Waals surface area contributed by atoms with Crippen LogP contribution in [0.25, 0.3) is 16.7 Å². The summed E-state index contributed by atoms with van der Waals surface area (Å²) in [5, 5.41) is 8.40. The molecule has 0 radical (unpaired) electrons. The maximum Gasteiger partial charge on any atom is 0.262 e. The largest absolute Gasteiger partial charge is 0.309 e. The minimum atomic E-state index is -0.955. The van der Waals surface area contributed by atoms with Gasteiger partial charge in [-0.3, -0.25) is 19.3 Å². The third kappa shape index (κ3) is 4.19. The number of aromatic nitrogens is 3. The van der Waals surface area contributed by atoms with Crippen LogP contribution in [0.5, 0.6) is 0 Å². The molecule has 2 aromatic carbocycles. The van der Waals surface area contributed by atoms with Gasteiger partial charge in [-0.2, -0.15) is 21.5 Å². The number of aryl methyl sites for hydroxylation is 1. The molecule has 0 aliphatic carbocycles. The third-order valence-corrected chi connectivity index (χ3v) is 6.56. The van der Waals surface area contributed by atoms with Crippen LogP contribution in [-0.2, 0) is 4.79 Å². The first-order chi connectivity index (χ1) is 17.0. The zero-order chi connectivity index (χ0) is 24.5. The maximum absolute atomic E-state index is 13.5. The lowest BCUT2D eigenvalue weighted by Crippen LogP contribution is -2.47. The highest BCUT2D eigenvalue weighted by Gasteiger charge is 2.42. The van der Waals surface area contributed by atoms with Crippen molar-refractivity contribution in [3.63, 3.8) is 0 Å². The number of imide groups is 1. The Bertz CT molecular complexity index is 1430. The average Bonchev–Trinajstić information content (AvgIpc) is 3.36. The quantitative estimate of drug-likeness (QED) is 0.396. The van der Waals surface area contributed by atoms with Gasteiger partial charge in [-0.05, 0) is 55.7 Å². The second kappa shape index (κ2) is 9.34. The summed E-state index contributed by atoms with van der Waals surface area (Å²) in [6.45, 7) is 1.82. The van der Waals surface area contributed by atoms with Crippen molar-refractivity contribution in [2.24, 2.45) is 0 Å². The molecule has 4 aromatic rings. The maximum atomic E-state index is 13.5. The molecule has 1 atom stereocenters. The Morgan fingerprint density at radius 2 is 1.69 bits per heavy atom. The van der Waals surface area contributed by atoms with Crippen LogP contribution in [0.3, 0.4) is 0 Å². The summed E-state index contributed by atoms with van der Waals surface area (Å²) in [5.41, 5.74) is 2.14. The standard InChI is InChI=1S/C26H23N5O3S/c1-16-15-23(31(29-16)22-12-11-17-7-3-6-10-20(17)27-22)28-24(32)21(13-14-35-2)30-25(33)18-8-4-5-9-19(18)26(30)34/h3-12,15,21H,13-14H2,1-2H3,(H,28,32). The lowest BCUT2D eigenvalue weighted by atomic mass is 10.1. The summed E-state index contributed by atoms with van der Waals surface area (Å²) in [7, 11) is 0. The number of thioether (sulfide) groups is 1. The van der Waals surface area contributed by atoms with E-state index in [0.29, 0.717) is 40.6 Å².